The van der Waals surface area contributed by atoms with Crippen molar-refractivity contribution in [2.45, 2.75) is 32.9 Å². The Hall–Kier alpha value is -1.88. The zero-order valence-corrected chi connectivity index (χ0v) is 10.9. The number of nitrogens with zero attached hydrogens (tertiary/aromatic N) is 2. The second kappa shape index (κ2) is 4.42. The van der Waals surface area contributed by atoms with Crippen molar-refractivity contribution in [3.05, 3.63) is 35.8 Å². The van der Waals surface area contributed by atoms with Crippen molar-refractivity contribution in [1.29, 1.82) is 0 Å². The van der Waals surface area contributed by atoms with E-state index in [2.05, 4.69) is 10.3 Å². The van der Waals surface area contributed by atoms with E-state index in [0.29, 0.717) is 6.54 Å². The Kier molecular flexibility index (Phi) is 3.09. The van der Waals surface area contributed by atoms with Crippen LogP contribution in [-0.2, 0) is 11.3 Å². The number of hydrogen-bond donors (Lipinski definition) is 2. The van der Waals surface area contributed by atoms with Gasteiger partial charge in [-0.2, -0.15) is 0 Å². The van der Waals surface area contributed by atoms with Gasteiger partial charge in [0.1, 0.15) is 5.65 Å². The van der Waals surface area contributed by atoms with Crippen LogP contribution in [0.5, 0.6) is 0 Å². The fourth-order valence-electron chi connectivity index (χ4n) is 1.68. The minimum absolute atomic E-state index is 0.184. The van der Waals surface area contributed by atoms with Gasteiger partial charge in [-0.15, -0.1) is 0 Å². The van der Waals surface area contributed by atoms with Crippen LogP contribution >= 0.6 is 0 Å². The lowest BCUT2D eigenvalue weighted by Gasteiger charge is -2.16. The molecule has 2 heterocycles. The molecule has 0 saturated heterocycles. The number of aryl methyl sites for hydroxylation is 1. The average Bonchev–Trinajstić information content (AvgIpc) is 2.69. The highest BCUT2D eigenvalue weighted by molar-refractivity contribution is 5.84. The molecule has 0 aliphatic carbocycles. The van der Waals surface area contributed by atoms with Crippen LogP contribution in [0.3, 0.4) is 0 Å². The molecule has 1 amide bonds. The van der Waals surface area contributed by atoms with Gasteiger partial charge >= 0.3 is 0 Å². The SMILES string of the molecule is Cc1cccc2nc(CNC(=O)C(C)(C)N)cn12. The minimum Gasteiger partial charge on any atom is -0.349 e. The van der Waals surface area contributed by atoms with Crippen LogP contribution in [0.4, 0.5) is 0 Å². The lowest BCUT2D eigenvalue weighted by atomic mass is 10.1. The number of nitrogens with two attached hydrogens (primary N) is 1. The van der Waals surface area contributed by atoms with Crippen LogP contribution in [0.25, 0.3) is 5.65 Å². The first-order chi connectivity index (χ1) is 8.38. The predicted molar refractivity (Wildman–Crippen MR) is 70.0 cm³/mol. The number of rotatable bonds is 3. The van der Waals surface area contributed by atoms with Crippen molar-refractivity contribution in [2.24, 2.45) is 5.73 Å². The number of imidazole rings is 1. The second-order valence-electron chi connectivity index (χ2n) is 5.03. The van der Waals surface area contributed by atoms with Gasteiger partial charge in [-0.25, -0.2) is 4.98 Å². The van der Waals surface area contributed by atoms with Gasteiger partial charge in [0.05, 0.1) is 17.8 Å². The molecular formula is C13H18N4O. The molecule has 0 aliphatic heterocycles. The summed E-state index contributed by atoms with van der Waals surface area (Å²) in [5.41, 5.74) is 7.65. The lowest BCUT2D eigenvalue weighted by molar-refractivity contribution is -0.125. The summed E-state index contributed by atoms with van der Waals surface area (Å²) in [6.07, 6.45) is 1.93. The molecule has 0 spiro atoms. The van der Waals surface area contributed by atoms with Crippen molar-refractivity contribution in [3.8, 4) is 0 Å². The largest absolute Gasteiger partial charge is 0.349 e. The molecule has 5 nitrogen and oxygen atoms in total. The van der Waals surface area contributed by atoms with Crippen molar-refractivity contribution in [3.63, 3.8) is 0 Å². The number of carbonyl (C=O) groups excluding carboxylic acids is 1. The fraction of sp³-hybridized carbons (Fsp3) is 0.385. The molecule has 18 heavy (non-hydrogen) atoms. The molecule has 0 radical (unpaired) electrons. The Morgan fingerprint density at radius 2 is 2.22 bits per heavy atom. The zero-order valence-electron chi connectivity index (χ0n) is 10.9. The van der Waals surface area contributed by atoms with E-state index in [9.17, 15) is 4.79 Å². The average molecular weight is 246 g/mol. The van der Waals surface area contributed by atoms with E-state index >= 15 is 0 Å². The Balaban J connectivity index is 2.14. The Morgan fingerprint density at radius 3 is 2.83 bits per heavy atom. The van der Waals surface area contributed by atoms with Crippen LogP contribution < -0.4 is 11.1 Å². The summed E-state index contributed by atoms with van der Waals surface area (Å²) in [6, 6.07) is 5.91. The summed E-state index contributed by atoms with van der Waals surface area (Å²) < 4.78 is 2.00. The highest BCUT2D eigenvalue weighted by Gasteiger charge is 2.21. The Bertz CT molecular complexity index is 580. The maximum atomic E-state index is 11.6. The van der Waals surface area contributed by atoms with Gasteiger partial charge < -0.3 is 15.5 Å². The number of aromatic nitrogens is 2. The summed E-state index contributed by atoms with van der Waals surface area (Å²) in [5, 5.41) is 2.78. The van der Waals surface area contributed by atoms with Crippen molar-refractivity contribution >= 4 is 11.6 Å². The first-order valence-electron chi connectivity index (χ1n) is 5.89. The van der Waals surface area contributed by atoms with Gasteiger partial charge in [-0.05, 0) is 32.9 Å². The Morgan fingerprint density at radius 1 is 1.50 bits per heavy atom. The lowest BCUT2D eigenvalue weighted by Crippen LogP contribution is -2.48. The van der Waals surface area contributed by atoms with Crippen LogP contribution in [0.1, 0.15) is 25.2 Å². The second-order valence-corrected chi connectivity index (χ2v) is 5.03. The van der Waals surface area contributed by atoms with E-state index in [1.54, 1.807) is 13.8 Å². The van der Waals surface area contributed by atoms with Crippen LogP contribution in [0, 0.1) is 6.92 Å². The molecule has 0 aromatic carbocycles. The highest BCUT2D eigenvalue weighted by atomic mass is 16.2. The standard InChI is InChI=1S/C13H18N4O/c1-9-5-4-6-11-16-10(8-17(9)11)7-15-12(18)13(2,3)14/h4-6,8H,7,14H2,1-3H3,(H,15,18). The van der Waals surface area contributed by atoms with Crippen molar-refractivity contribution in [1.82, 2.24) is 14.7 Å². The maximum absolute atomic E-state index is 11.6. The summed E-state index contributed by atoms with van der Waals surface area (Å²) in [7, 11) is 0. The molecule has 2 rings (SSSR count). The molecule has 0 saturated carbocycles. The maximum Gasteiger partial charge on any atom is 0.239 e. The Labute approximate surface area is 106 Å². The van der Waals surface area contributed by atoms with E-state index in [1.807, 2.05) is 35.7 Å². The molecule has 0 unspecified atom stereocenters. The molecule has 0 atom stereocenters. The quantitative estimate of drug-likeness (QED) is 0.848. The van der Waals surface area contributed by atoms with Crippen LogP contribution in [0.15, 0.2) is 24.4 Å². The van der Waals surface area contributed by atoms with E-state index in [0.717, 1.165) is 17.0 Å². The molecule has 96 valence electrons. The first-order valence-corrected chi connectivity index (χ1v) is 5.89. The summed E-state index contributed by atoms with van der Waals surface area (Å²) >= 11 is 0. The summed E-state index contributed by atoms with van der Waals surface area (Å²) in [5.74, 6) is -0.184. The van der Waals surface area contributed by atoms with Gasteiger partial charge in [0.2, 0.25) is 5.91 Å². The molecular weight excluding hydrogens is 228 g/mol. The fourth-order valence-corrected chi connectivity index (χ4v) is 1.68. The van der Waals surface area contributed by atoms with E-state index in [-0.39, 0.29) is 5.91 Å². The summed E-state index contributed by atoms with van der Waals surface area (Å²) in [4.78, 5) is 16.1. The number of fused-ring (bicyclic) bond motifs is 1. The van der Waals surface area contributed by atoms with E-state index in [1.165, 1.54) is 0 Å². The first kappa shape index (κ1) is 12.6. The van der Waals surface area contributed by atoms with Crippen LogP contribution in [0.2, 0.25) is 0 Å². The number of pyridine rings is 1. The van der Waals surface area contributed by atoms with Gasteiger partial charge in [0.25, 0.3) is 0 Å². The number of amides is 1. The van der Waals surface area contributed by atoms with Crippen molar-refractivity contribution < 1.29 is 4.79 Å². The third-order valence-electron chi connectivity index (χ3n) is 2.76. The third-order valence-corrected chi connectivity index (χ3v) is 2.76. The third kappa shape index (κ3) is 2.51. The minimum atomic E-state index is -0.866. The number of hydrogen-bond acceptors (Lipinski definition) is 3. The highest BCUT2D eigenvalue weighted by Crippen LogP contribution is 2.08. The smallest absolute Gasteiger partial charge is 0.239 e. The molecule has 0 fully saturated rings. The number of carbonyl (C=O) groups is 1. The molecule has 3 N–H and O–H groups in total. The number of nitrogens with one attached hydrogen (secondary N) is 1. The summed E-state index contributed by atoms with van der Waals surface area (Å²) in [6.45, 7) is 5.76. The molecule has 5 heteroatoms. The normalized spacial score (nSPS) is 11.8. The van der Waals surface area contributed by atoms with Gasteiger partial charge in [-0.3, -0.25) is 4.79 Å². The molecule has 2 aromatic rings. The van der Waals surface area contributed by atoms with Gasteiger partial charge in [-0.1, -0.05) is 6.07 Å². The topological polar surface area (TPSA) is 72.4 Å². The van der Waals surface area contributed by atoms with Gasteiger partial charge in [0, 0.05) is 11.9 Å². The van der Waals surface area contributed by atoms with E-state index in [4.69, 9.17) is 5.73 Å². The monoisotopic (exact) mass is 246 g/mol. The predicted octanol–water partition coefficient (Wildman–Crippen LogP) is 0.996. The zero-order chi connectivity index (χ0) is 13.3. The van der Waals surface area contributed by atoms with Crippen molar-refractivity contribution in [2.75, 3.05) is 0 Å². The van der Waals surface area contributed by atoms with Gasteiger partial charge in [0.15, 0.2) is 0 Å². The molecule has 2 aromatic heterocycles. The molecule has 0 aliphatic rings. The van der Waals surface area contributed by atoms with E-state index < -0.39 is 5.54 Å². The molecule has 0 bridgehead atoms. The van der Waals surface area contributed by atoms with Crippen LogP contribution in [-0.4, -0.2) is 20.8 Å².